The van der Waals surface area contributed by atoms with Crippen LogP contribution in [0.4, 0.5) is 0 Å². The summed E-state index contributed by atoms with van der Waals surface area (Å²) in [6, 6.07) is 0. The number of nitrogens with zero attached hydrogens (tertiary/aromatic N) is 1. The number of aliphatic hydroxyl groups excluding tert-OH is 3. The fourth-order valence-corrected chi connectivity index (χ4v) is 10.8. The van der Waals surface area contributed by atoms with E-state index in [9.17, 15) is 33.1 Å². The number of amides is 1. The fourth-order valence-electron chi connectivity index (χ4n) is 10.3. The van der Waals surface area contributed by atoms with Gasteiger partial charge in [0, 0.05) is 31.6 Å². The third-order valence-corrected chi connectivity index (χ3v) is 13.6. The lowest BCUT2D eigenvalue weighted by Crippen LogP contribution is -2.62. The highest BCUT2D eigenvalue weighted by Crippen LogP contribution is 2.68. The number of carbonyl (C=O) groups excluding carboxylic acids is 1. The van der Waals surface area contributed by atoms with E-state index in [0.717, 1.165) is 64.3 Å². The number of nitrogens with one attached hydrogen (secondary N) is 1. The van der Waals surface area contributed by atoms with Crippen LogP contribution in [0.15, 0.2) is 0 Å². The van der Waals surface area contributed by atoms with Crippen LogP contribution in [0.25, 0.3) is 0 Å². The second-order valence-electron chi connectivity index (χ2n) is 15.7. The molecule has 0 saturated heterocycles. The molecule has 4 aliphatic rings. The zero-order valence-electron chi connectivity index (χ0n) is 26.6. The second kappa shape index (κ2) is 12.9. The minimum Gasteiger partial charge on any atom is -0.748 e. The Kier molecular flexibility index (Phi) is 10.5. The maximum absolute atomic E-state index is 12.7. The van der Waals surface area contributed by atoms with Crippen LogP contribution >= 0.6 is 0 Å². The maximum atomic E-state index is 12.7. The fraction of sp³-hybridized carbons (Fsp3) is 0.969. The number of fused-ring (bicyclic) bond motifs is 5. The topological polar surface area (TPSA) is 147 Å². The molecule has 7 unspecified atom stereocenters. The van der Waals surface area contributed by atoms with E-state index in [4.69, 9.17) is 0 Å². The van der Waals surface area contributed by atoms with Gasteiger partial charge in [0.25, 0.3) is 0 Å². The Hall–Kier alpha value is -0.780. The van der Waals surface area contributed by atoms with Gasteiger partial charge in [0.1, 0.15) is 0 Å². The van der Waals surface area contributed by atoms with Gasteiger partial charge in [-0.05, 0) is 97.7 Å². The van der Waals surface area contributed by atoms with Crippen LogP contribution in [-0.2, 0) is 14.9 Å². The molecule has 0 spiro atoms. The lowest BCUT2D eigenvalue weighted by molar-refractivity contribution is -0.890. The Labute approximate surface area is 254 Å². The largest absolute Gasteiger partial charge is 0.748 e. The SMILES string of the molecule is CC(CCC(=O)NCCC[N+](C)(C)CCCS(=O)(=O)[O-])C1CC[C@H]2C3C(O)CC4C[C@H](O)CCC4(C)[C@H]3C[C@H](O)C12C. The molecule has 0 aliphatic heterocycles. The predicted octanol–water partition coefficient (Wildman–Crippen LogP) is 2.88. The molecule has 10 heteroatoms. The van der Waals surface area contributed by atoms with Gasteiger partial charge in [-0.2, -0.15) is 0 Å². The highest BCUT2D eigenvalue weighted by molar-refractivity contribution is 7.85. The molecule has 4 saturated carbocycles. The molecule has 0 bridgehead atoms. The predicted molar refractivity (Wildman–Crippen MR) is 161 cm³/mol. The van der Waals surface area contributed by atoms with Crippen molar-refractivity contribution in [2.45, 2.75) is 110 Å². The van der Waals surface area contributed by atoms with E-state index in [0.29, 0.717) is 48.2 Å². The summed E-state index contributed by atoms with van der Waals surface area (Å²) in [5.41, 5.74) is -0.191. The van der Waals surface area contributed by atoms with E-state index in [1.54, 1.807) is 0 Å². The Morgan fingerprint density at radius 2 is 1.71 bits per heavy atom. The summed E-state index contributed by atoms with van der Waals surface area (Å²) in [5.74, 6) is 1.38. The van der Waals surface area contributed by atoms with Gasteiger partial charge in [0.2, 0.25) is 5.91 Å². The van der Waals surface area contributed by atoms with Crippen molar-refractivity contribution in [3.8, 4) is 0 Å². The van der Waals surface area contributed by atoms with Crippen LogP contribution in [0, 0.1) is 46.3 Å². The third-order valence-electron chi connectivity index (χ3n) is 12.8. The molecule has 4 N–H and O–H groups in total. The average Bonchev–Trinajstić information content (AvgIpc) is 3.24. The number of quaternary nitrogens is 1. The Morgan fingerprint density at radius 3 is 2.40 bits per heavy atom. The van der Waals surface area contributed by atoms with Gasteiger partial charge in [0.15, 0.2) is 0 Å². The molecule has 0 aromatic heterocycles. The first-order valence-corrected chi connectivity index (χ1v) is 18.1. The molecule has 0 radical (unpaired) electrons. The molecule has 0 aromatic rings. The Morgan fingerprint density at radius 1 is 1.02 bits per heavy atom. The minimum atomic E-state index is -4.18. The number of aliphatic hydroxyl groups is 3. The molecule has 244 valence electrons. The van der Waals surface area contributed by atoms with Crippen molar-refractivity contribution < 1.29 is 37.6 Å². The Bertz CT molecular complexity index is 1050. The van der Waals surface area contributed by atoms with E-state index in [2.05, 4.69) is 26.1 Å². The summed E-state index contributed by atoms with van der Waals surface area (Å²) >= 11 is 0. The van der Waals surface area contributed by atoms with Crippen molar-refractivity contribution in [2.75, 3.05) is 39.5 Å². The molecule has 4 aliphatic carbocycles. The monoisotopic (exact) mass is 614 g/mol. The van der Waals surface area contributed by atoms with Crippen molar-refractivity contribution in [3.63, 3.8) is 0 Å². The summed E-state index contributed by atoms with van der Waals surface area (Å²) in [7, 11) is -0.177. The first kappa shape index (κ1) is 34.1. The van der Waals surface area contributed by atoms with Gasteiger partial charge in [-0.3, -0.25) is 4.79 Å². The summed E-state index contributed by atoms with van der Waals surface area (Å²) in [4.78, 5) is 12.7. The number of hydrogen-bond acceptors (Lipinski definition) is 7. The van der Waals surface area contributed by atoms with E-state index in [1.807, 2.05) is 14.1 Å². The summed E-state index contributed by atoms with van der Waals surface area (Å²) in [6.07, 6.45) is 7.35. The van der Waals surface area contributed by atoms with Crippen LogP contribution in [0.1, 0.15) is 91.4 Å². The van der Waals surface area contributed by atoms with Gasteiger partial charge in [-0.15, -0.1) is 0 Å². The van der Waals surface area contributed by atoms with Crippen LogP contribution in [-0.4, -0.2) is 96.5 Å². The van der Waals surface area contributed by atoms with Gasteiger partial charge < -0.3 is 29.7 Å². The first-order valence-electron chi connectivity index (χ1n) is 16.5. The van der Waals surface area contributed by atoms with Crippen molar-refractivity contribution in [1.82, 2.24) is 5.32 Å². The van der Waals surface area contributed by atoms with E-state index < -0.39 is 16.2 Å². The van der Waals surface area contributed by atoms with E-state index in [1.165, 1.54) is 0 Å². The maximum Gasteiger partial charge on any atom is 0.220 e. The zero-order valence-corrected chi connectivity index (χ0v) is 27.4. The Balaban J connectivity index is 1.27. The van der Waals surface area contributed by atoms with Crippen molar-refractivity contribution in [3.05, 3.63) is 0 Å². The normalized spacial score (nSPS) is 41.0. The van der Waals surface area contributed by atoms with Crippen LogP contribution in [0.3, 0.4) is 0 Å². The van der Waals surface area contributed by atoms with Gasteiger partial charge >= 0.3 is 0 Å². The quantitative estimate of drug-likeness (QED) is 0.150. The lowest BCUT2D eigenvalue weighted by Gasteiger charge is -2.63. The van der Waals surface area contributed by atoms with E-state index in [-0.39, 0.29) is 52.5 Å². The van der Waals surface area contributed by atoms with E-state index >= 15 is 0 Å². The third kappa shape index (κ3) is 7.20. The first-order chi connectivity index (χ1) is 19.5. The molecule has 0 aromatic carbocycles. The minimum absolute atomic E-state index is 0.0368. The van der Waals surface area contributed by atoms with Crippen LogP contribution in [0.5, 0.6) is 0 Å². The zero-order chi connectivity index (χ0) is 31.1. The highest BCUT2D eigenvalue weighted by Gasteiger charge is 2.65. The highest BCUT2D eigenvalue weighted by atomic mass is 32.2. The molecule has 11 atom stereocenters. The molecule has 4 rings (SSSR count). The lowest BCUT2D eigenvalue weighted by atomic mass is 9.43. The second-order valence-corrected chi connectivity index (χ2v) is 17.3. The van der Waals surface area contributed by atoms with Crippen molar-refractivity contribution in [2.24, 2.45) is 46.3 Å². The van der Waals surface area contributed by atoms with Crippen LogP contribution < -0.4 is 5.32 Å². The molecular weight excluding hydrogens is 556 g/mol. The molecule has 9 nitrogen and oxygen atoms in total. The molecule has 42 heavy (non-hydrogen) atoms. The average molecular weight is 615 g/mol. The van der Waals surface area contributed by atoms with Gasteiger partial charge in [0.05, 0.1) is 55.6 Å². The number of hydrogen-bond donors (Lipinski definition) is 4. The summed E-state index contributed by atoms with van der Waals surface area (Å²) in [5, 5.41) is 36.6. The standard InChI is InChI=1S/C32H58N2O7S/c1-21(8-11-29(38)33-14-6-15-34(4,5)16-7-17-42(39,40)41)24-9-10-25-30-26(20-28(37)32(24,25)3)31(2)13-12-23(35)18-22(31)19-27(30)36/h21-28,30,35-37H,6-20H2,1-5H3,(H-,33,38,39,40,41)/t21?,22?,23-,24?,25+,26+,27?,28+,30?,31?,32?/m1/s1. The van der Waals surface area contributed by atoms with Crippen molar-refractivity contribution in [1.29, 1.82) is 0 Å². The van der Waals surface area contributed by atoms with Crippen LogP contribution in [0.2, 0.25) is 0 Å². The molecule has 0 heterocycles. The number of rotatable bonds is 12. The summed E-state index contributed by atoms with van der Waals surface area (Å²) < 4.78 is 33.1. The molecule has 4 fully saturated rings. The van der Waals surface area contributed by atoms with Gasteiger partial charge in [-0.25, -0.2) is 8.42 Å². The molecule has 1 amide bonds. The van der Waals surface area contributed by atoms with Gasteiger partial charge in [-0.1, -0.05) is 20.8 Å². The number of carbonyl (C=O) groups is 1. The molecular formula is C32H58N2O7S. The smallest absolute Gasteiger partial charge is 0.220 e. The van der Waals surface area contributed by atoms with Crippen molar-refractivity contribution >= 4 is 16.0 Å². The summed E-state index contributed by atoms with van der Waals surface area (Å²) in [6.45, 7) is 8.78.